The summed E-state index contributed by atoms with van der Waals surface area (Å²) in [6.45, 7) is 11.5. The molecule has 2 fully saturated rings. The van der Waals surface area contributed by atoms with Crippen LogP contribution < -0.4 is 41.1 Å². The largest absolute Gasteiger partial charge is 0.494 e. The molecular weight excluding hydrogens is 1140 g/mol. The Morgan fingerprint density at radius 1 is 0.770 bits per heavy atom. The summed E-state index contributed by atoms with van der Waals surface area (Å²) in [6, 6.07) is 23.0. The number of hydrogen-bond acceptors (Lipinski definition) is 19. The lowest BCUT2D eigenvalue weighted by molar-refractivity contribution is -0.141. The molecule has 25 heteroatoms. The summed E-state index contributed by atoms with van der Waals surface area (Å²) < 4.78 is 53.8. The van der Waals surface area contributed by atoms with Gasteiger partial charge in [0.15, 0.2) is 5.13 Å². The Balaban J connectivity index is 0.664. The number of likely N-dealkylation sites (N-methyl/N-ethyl adjacent to an activating group) is 2. The number of benzene rings is 3. The molecule has 0 radical (unpaired) electrons. The molecule has 2 aromatic heterocycles. The third-order valence-corrected chi connectivity index (χ3v) is 15.4. The van der Waals surface area contributed by atoms with Gasteiger partial charge in [0.25, 0.3) is 0 Å². The van der Waals surface area contributed by atoms with Crippen LogP contribution in [-0.2, 0) is 52.7 Å². The standard InChI is InChI=1S/C62H87FN12O11S/c1-71(26-5-6-35-85-53-19-12-47(13-20-53)14-23-56(76)75(27-8-34-80-3)58(55-9-7-25-64-60(55)81-4)59(78)65-44-48-10-15-49(63)16-11-48)32-37-83-40-39-82-36-24-51-45-74(70-69-51)33-38-84-41-42-86-54-21-17-50(18-22-54)66-61(79)68-62-67-52(46-87-62)43-57(77)73-30-28-72(2)29-31-73/h7,9-13,15-22,25,46,51,58,69-70H,5-6,8,14,23-24,26-45H2,1-4H3,(H,65,78)(H2,66,67,68,79). The molecule has 5 aromatic rings. The van der Waals surface area contributed by atoms with Gasteiger partial charge in [-0.25, -0.2) is 29.6 Å². The zero-order valence-corrected chi connectivity index (χ0v) is 51.5. The number of unbranched alkanes of at least 4 members (excludes halogenated alkanes) is 1. The number of urea groups is 1. The Kier molecular flexibility index (Phi) is 29.3. The molecule has 5 N–H and O–H groups in total. The number of methoxy groups -OCH3 is 2. The van der Waals surface area contributed by atoms with Gasteiger partial charge in [-0.3, -0.25) is 19.7 Å². The van der Waals surface area contributed by atoms with Crippen LogP contribution >= 0.6 is 11.3 Å². The van der Waals surface area contributed by atoms with Gasteiger partial charge in [0.1, 0.15) is 30.0 Å². The van der Waals surface area contributed by atoms with Crippen molar-refractivity contribution in [3.63, 3.8) is 0 Å². The average molecular weight is 1230 g/mol. The lowest BCUT2D eigenvalue weighted by Gasteiger charge is -2.32. The monoisotopic (exact) mass is 1230 g/mol. The highest BCUT2D eigenvalue weighted by atomic mass is 32.1. The number of aryl methyl sites for hydroxylation is 1. The number of pyridine rings is 1. The highest BCUT2D eigenvalue weighted by Crippen LogP contribution is 2.30. The third kappa shape index (κ3) is 24.3. The van der Waals surface area contributed by atoms with Crippen LogP contribution in [0.4, 0.5) is 20.0 Å². The van der Waals surface area contributed by atoms with E-state index < -0.39 is 18.0 Å². The highest BCUT2D eigenvalue weighted by Gasteiger charge is 2.34. The maximum Gasteiger partial charge on any atom is 0.325 e. The minimum absolute atomic E-state index is 0.0476. The molecule has 7 rings (SSSR count). The van der Waals surface area contributed by atoms with Crippen LogP contribution in [0.2, 0.25) is 0 Å². The zero-order valence-electron chi connectivity index (χ0n) is 50.7. The number of nitrogens with zero attached hydrogens (tertiary/aromatic N) is 7. The fourth-order valence-electron chi connectivity index (χ4n) is 9.61. The molecule has 4 heterocycles. The summed E-state index contributed by atoms with van der Waals surface area (Å²) in [5.41, 5.74) is 9.90. The van der Waals surface area contributed by atoms with E-state index in [0.717, 1.165) is 63.3 Å². The van der Waals surface area contributed by atoms with Gasteiger partial charge in [0.2, 0.25) is 23.6 Å². The SMILES string of the molecule is COCCCN(C(=O)CCc1ccc(OCCCCN(C)CCOCCOCCC2CN(CCOCCOc3ccc(NC(=O)Nc4nc(CC(=O)N5CCN(C)CC5)cs4)cc3)NN2)cc1)C(C(=O)NCc1ccc(F)cc1)c1cccnc1OC. The first kappa shape index (κ1) is 67.6. The van der Waals surface area contributed by atoms with E-state index in [1.165, 1.54) is 30.6 Å². The van der Waals surface area contributed by atoms with Crippen molar-refractivity contribution in [3.8, 4) is 17.4 Å². The Morgan fingerprint density at radius 2 is 1.48 bits per heavy atom. The van der Waals surface area contributed by atoms with Crippen LogP contribution in [0.1, 0.15) is 60.5 Å². The van der Waals surface area contributed by atoms with Gasteiger partial charge in [-0.1, -0.05) is 24.3 Å². The number of piperazine rings is 1. The number of nitrogens with one attached hydrogen (secondary N) is 5. The number of rotatable bonds is 39. The van der Waals surface area contributed by atoms with Crippen LogP contribution in [0.3, 0.4) is 0 Å². The van der Waals surface area contributed by atoms with Gasteiger partial charge in [0, 0.05) is 115 Å². The number of carbonyl (C=O) groups excluding carboxylic acids is 4. The molecule has 0 aliphatic carbocycles. The molecule has 0 bridgehead atoms. The summed E-state index contributed by atoms with van der Waals surface area (Å²) in [5.74, 6) is 0.723. The van der Waals surface area contributed by atoms with E-state index in [4.69, 9.17) is 33.2 Å². The number of amides is 5. The summed E-state index contributed by atoms with van der Waals surface area (Å²) in [4.78, 5) is 70.0. The molecule has 2 aliphatic rings. The second kappa shape index (κ2) is 37.7. The van der Waals surface area contributed by atoms with Crippen LogP contribution in [0.25, 0.3) is 0 Å². The molecule has 3 aromatic carbocycles. The normalized spacial score (nSPS) is 14.9. The summed E-state index contributed by atoms with van der Waals surface area (Å²) in [5, 5.41) is 12.8. The number of ether oxygens (including phenoxy) is 7. The van der Waals surface area contributed by atoms with E-state index >= 15 is 0 Å². The van der Waals surface area contributed by atoms with E-state index in [-0.39, 0.29) is 55.5 Å². The average Bonchev–Trinajstić information content (AvgIpc) is 3.02. The van der Waals surface area contributed by atoms with Gasteiger partial charge in [-0.15, -0.1) is 11.3 Å². The lowest BCUT2D eigenvalue weighted by atomic mass is 10.0. The maximum atomic E-state index is 14.1. The van der Waals surface area contributed by atoms with Crippen molar-refractivity contribution in [2.75, 3.05) is 157 Å². The summed E-state index contributed by atoms with van der Waals surface area (Å²) >= 11 is 1.29. The quantitative estimate of drug-likeness (QED) is 0.0292. The van der Waals surface area contributed by atoms with E-state index in [9.17, 15) is 23.6 Å². The van der Waals surface area contributed by atoms with Crippen molar-refractivity contribution in [2.24, 2.45) is 0 Å². The number of carbonyl (C=O) groups is 4. The Bertz CT molecular complexity index is 2820. The Morgan fingerprint density at radius 3 is 2.24 bits per heavy atom. The minimum Gasteiger partial charge on any atom is -0.494 e. The highest BCUT2D eigenvalue weighted by molar-refractivity contribution is 7.14. The van der Waals surface area contributed by atoms with Gasteiger partial charge in [0.05, 0.1) is 58.9 Å². The number of thiazole rings is 1. The van der Waals surface area contributed by atoms with Gasteiger partial charge in [-0.05, 0) is 125 Å². The number of aromatic nitrogens is 2. The first-order valence-electron chi connectivity index (χ1n) is 29.8. The molecule has 0 saturated carbocycles. The van der Waals surface area contributed by atoms with Crippen LogP contribution in [-0.4, -0.2) is 211 Å². The molecular formula is C62H87FN12O11S. The van der Waals surface area contributed by atoms with Crippen molar-refractivity contribution >= 4 is 45.9 Å². The van der Waals surface area contributed by atoms with Crippen molar-refractivity contribution in [2.45, 2.75) is 63.6 Å². The summed E-state index contributed by atoms with van der Waals surface area (Å²) in [7, 11) is 7.21. The van der Waals surface area contributed by atoms with Crippen LogP contribution in [0.15, 0.2) is 96.5 Å². The van der Waals surface area contributed by atoms with Gasteiger partial charge >= 0.3 is 6.03 Å². The molecule has 2 aliphatic heterocycles. The van der Waals surface area contributed by atoms with Crippen LogP contribution in [0, 0.1) is 5.82 Å². The number of hydrogen-bond donors (Lipinski definition) is 5. The second-order valence-electron chi connectivity index (χ2n) is 21.3. The predicted octanol–water partition coefficient (Wildman–Crippen LogP) is 5.80. The van der Waals surface area contributed by atoms with E-state index in [0.29, 0.717) is 125 Å². The molecule has 474 valence electrons. The number of hydrazine groups is 2. The van der Waals surface area contributed by atoms with E-state index in [2.05, 4.69) is 58.7 Å². The molecule has 2 saturated heterocycles. The van der Waals surface area contributed by atoms with Crippen LogP contribution in [0.5, 0.6) is 17.4 Å². The Labute approximate surface area is 514 Å². The van der Waals surface area contributed by atoms with Gasteiger partial charge < -0.3 is 63.4 Å². The van der Waals surface area contributed by atoms with Crippen molar-refractivity contribution < 1.29 is 56.7 Å². The molecule has 0 spiro atoms. The topological polar surface area (TPSA) is 235 Å². The number of anilines is 2. The summed E-state index contributed by atoms with van der Waals surface area (Å²) in [6.07, 6.45) is 5.64. The van der Waals surface area contributed by atoms with E-state index in [1.54, 1.807) is 72.1 Å². The number of halogens is 1. The van der Waals surface area contributed by atoms with Crippen molar-refractivity contribution in [1.82, 2.24) is 50.9 Å². The molecule has 2 unspecified atom stereocenters. The molecule has 2 atom stereocenters. The lowest BCUT2D eigenvalue weighted by Crippen LogP contribution is -2.47. The fourth-order valence-corrected chi connectivity index (χ4v) is 10.3. The maximum absolute atomic E-state index is 14.1. The fraction of sp³-hybridized carbons (Fsp3) is 0.516. The minimum atomic E-state index is -1.03. The van der Waals surface area contributed by atoms with E-state index in [1.807, 2.05) is 36.2 Å². The molecule has 5 amide bonds. The van der Waals surface area contributed by atoms with Crippen molar-refractivity contribution in [1.29, 1.82) is 0 Å². The second-order valence-corrected chi connectivity index (χ2v) is 22.1. The first-order chi connectivity index (χ1) is 42.4. The smallest absolute Gasteiger partial charge is 0.325 e. The van der Waals surface area contributed by atoms with Gasteiger partial charge in [-0.2, -0.15) is 5.53 Å². The predicted molar refractivity (Wildman–Crippen MR) is 330 cm³/mol. The molecule has 23 nitrogen and oxygen atoms in total. The first-order valence-corrected chi connectivity index (χ1v) is 30.7. The Hall–Kier alpha value is -6.91. The van der Waals surface area contributed by atoms with Crippen molar-refractivity contribution in [3.05, 3.63) is 125 Å². The zero-order chi connectivity index (χ0) is 61.4. The molecule has 87 heavy (non-hydrogen) atoms. The third-order valence-electron chi connectivity index (χ3n) is 14.6.